The first kappa shape index (κ1) is 29.0. The second-order valence-electron chi connectivity index (χ2n) is 9.27. The summed E-state index contributed by atoms with van der Waals surface area (Å²) in [6.07, 6.45) is 4.08. The minimum absolute atomic E-state index is 0.152. The Morgan fingerprint density at radius 2 is 1.57 bits per heavy atom. The lowest BCUT2D eigenvalue weighted by atomic mass is 9.98. The van der Waals surface area contributed by atoms with E-state index in [9.17, 15) is 9.90 Å². The minimum atomic E-state index is -0.532. The molecule has 2 rings (SSSR count). The van der Waals surface area contributed by atoms with Crippen molar-refractivity contribution in [1.29, 1.82) is 0 Å². The number of nitrogens with one attached hydrogen (secondary N) is 1. The van der Waals surface area contributed by atoms with Gasteiger partial charge in [0.2, 0.25) is 5.91 Å². The lowest BCUT2D eigenvalue weighted by molar-refractivity contribution is -0.140. The molecule has 0 aliphatic rings. The van der Waals surface area contributed by atoms with Gasteiger partial charge in [0, 0.05) is 20.1 Å². The van der Waals surface area contributed by atoms with Crippen LogP contribution in [0.4, 0.5) is 0 Å². The fourth-order valence-corrected chi connectivity index (χ4v) is 4.14. The van der Waals surface area contributed by atoms with E-state index in [4.69, 9.17) is 9.57 Å². The molecule has 2 aromatic rings. The molecule has 2 aromatic carbocycles. The van der Waals surface area contributed by atoms with Crippen molar-refractivity contribution < 1.29 is 19.5 Å². The molecule has 2 atom stereocenters. The van der Waals surface area contributed by atoms with Crippen LogP contribution < -0.4 is 5.48 Å². The van der Waals surface area contributed by atoms with Crippen molar-refractivity contribution in [1.82, 2.24) is 10.4 Å². The topological polar surface area (TPSA) is 71.0 Å². The van der Waals surface area contributed by atoms with Gasteiger partial charge in [-0.2, -0.15) is 0 Å². The maximum absolute atomic E-state index is 11.8. The lowest BCUT2D eigenvalue weighted by Gasteiger charge is -2.21. The SMILES string of the molecule is CCCN(CCC)Cc1ccc(-c2ccc([C@H](O)CCCCC(=O)NO[C@H](C)COC)cc2)cc1. The summed E-state index contributed by atoms with van der Waals surface area (Å²) in [5, 5.41) is 10.5. The van der Waals surface area contributed by atoms with Gasteiger partial charge in [0.1, 0.15) is 6.10 Å². The highest BCUT2D eigenvalue weighted by atomic mass is 16.7. The van der Waals surface area contributed by atoms with E-state index in [0.717, 1.165) is 37.2 Å². The number of hydrogen-bond donors (Lipinski definition) is 2. The number of rotatable bonds is 17. The minimum Gasteiger partial charge on any atom is -0.388 e. The van der Waals surface area contributed by atoms with Gasteiger partial charge >= 0.3 is 0 Å². The predicted molar refractivity (Wildman–Crippen MR) is 142 cm³/mol. The molecule has 0 radical (unpaired) electrons. The zero-order valence-corrected chi connectivity index (χ0v) is 22.0. The molecule has 0 fully saturated rings. The van der Waals surface area contributed by atoms with Gasteiger partial charge < -0.3 is 9.84 Å². The summed E-state index contributed by atoms with van der Waals surface area (Å²) in [5.74, 6) is -0.152. The summed E-state index contributed by atoms with van der Waals surface area (Å²) >= 11 is 0. The monoisotopic (exact) mass is 484 g/mol. The number of nitrogens with zero attached hydrogens (tertiary/aromatic N) is 1. The first-order chi connectivity index (χ1) is 17.0. The molecule has 0 spiro atoms. The van der Waals surface area contributed by atoms with Crippen molar-refractivity contribution >= 4 is 5.91 Å². The molecule has 1 amide bonds. The summed E-state index contributed by atoms with van der Waals surface area (Å²) < 4.78 is 4.96. The summed E-state index contributed by atoms with van der Waals surface area (Å²) in [6.45, 7) is 9.98. The zero-order chi connectivity index (χ0) is 25.5. The highest BCUT2D eigenvalue weighted by molar-refractivity contribution is 5.74. The Bertz CT molecular complexity index is 833. The van der Waals surface area contributed by atoms with Crippen LogP contribution in [0.25, 0.3) is 11.1 Å². The number of unbranched alkanes of at least 4 members (excludes halogenated alkanes) is 1. The standard InChI is InChI=1S/C29H44N2O4/c1-5-19-31(20-6-2)21-24-11-13-25(14-12-24)26-15-17-27(18-16-26)28(32)9-7-8-10-29(33)30-35-23(3)22-34-4/h11-18,23,28,32H,5-10,19-22H2,1-4H3,(H,30,33)/t23-,28-/m1/s1. The first-order valence-corrected chi connectivity index (χ1v) is 13.0. The van der Waals surface area contributed by atoms with E-state index in [2.05, 4.69) is 60.6 Å². The first-order valence-electron chi connectivity index (χ1n) is 13.0. The Morgan fingerprint density at radius 3 is 2.14 bits per heavy atom. The highest BCUT2D eigenvalue weighted by Gasteiger charge is 2.10. The average Bonchev–Trinajstić information content (AvgIpc) is 2.86. The van der Waals surface area contributed by atoms with Crippen molar-refractivity contribution in [2.75, 3.05) is 26.8 Å². The number of methoxy groups -OCH3 is 1. The van der Waals surface area contributed by atoms with E-state index < -0.39 is 6.10 Å². The van der Waals surface area contributed by atoms with Crippen molar-refractivity contribution in [3.63, 3.8) is 0 Å². The smallest absolute Gasteiger partial charge is 0.243 e. The summed E-state index contributed by atoms with van der Waals surface area (Å²) in [4.78, 5) is 19.5. The van der Waals surface area contributed by atoms with E-state index in [1.807, 2.05) is 19.1 Å². The predicted octanol–water partition coefficient (Wildman–Crippen LogP) is 5.65. The number of benzene rings is 2. The van der Waals surface area contributed by atoms with E-state index >= 15 is 0 Å². The van der Waals surface area contributed by atoms with Gasteiger partial charge in [-0.15, -0.1) is 0 Å². The molecule has 6 heteroatoms. The summed E-state index contributed by atoms with van der Waals surface area (Å²) in [5.41, 5.74) is 7.02. The average molecular weight is 485 g/mol. The quantitative estimate of drug-likeness (QED) is 0.224. The van der Waals surface area contributed by atoms with Gasteiger partial charge in [0.25, 0.3) is 0 Å². The number of aliphatic hydroxyl groups excluding tert-OH is 1. The molecule has 194 valence electrons. The molecule has 0 bridgehead atoms. The Labute approximate surface area is 211 Å². The fourth-order valence-electron chi connectivity index (χ4n) is 4.14. The number of hydrogen-bond acceptors (Lipinski definition) is 5. The van der Waals surface area contributed by atoms with E-state index in [-0.39, 0.29) is 12.0 Å². The lowest BCUT2D eigenvalue weighted by Crippen LogP contribution is -2.30. The van der Waals surface area contributed by atoms with Crippen LogP contribution in [-0.4, -0.2) is 48.8 Å². The number of aliphatic hydroxyl groups is 1. The van der Waals surface area contributed by atoms with Crippen LogP contribution in [0, 0.1) is 0 Å². The third-order valence-corrected chi connectivity index (χ3v) is 5.98. The maximum Gasteiger partial charge on any atom is 0.243 e. The fraction of sp³-hybridized carbons (Fsp3) is 0.552. The number of hydroxylamine groups is 1. The second kappa shape index (κ2) is 16.4. The summed E-state index contributed by atoms with van der Waals surface area (Å²) in [6, 6.07) is 16.9. The number of ether oxygens (including phenoxy) is 1. The van der Waals surface area contributed by atoms with Crippen LogP contribution >= 0.6 is 0 Å². The third-order valence-electron chi connectivity index (χ3n) is 5.98. The van der Waals surface area contributed by atoms with Gasteiger partial charge in [-0.25, -0.2) is 5.48 Å². The Balaban J connectivity index is 1.77. The van der Waals surface area contributed by atoms with Crippen molar-refractivity contribution in [2.24, 2.45) is 0 Å². The van der Waals surface area contributed by atoms with Gasteiger partial charge in [0.15, 0.2) is 0 Å². The van der Waals surface area contributed by atoms with E-state index in [0.29, 0.717) is 25.9 Å². The Morgan fingerprint density at radius 1 is 0.971 bits per heavy atom. The largest absolute Gasteiger partial charge is 0.388 e. The molecule has 0 aromatic heterocycles. The van der Waals surface area contributed by atoms with Crippen molar-refractivity contribution in [2.45, 2.75) is 78.0 Å². The molecule has 0 saturated heterocycles. The molecular formula is C29H44N2O4. The van der Waals surface area contributed by atoms with Gasteiger partial charge in [-0.1, -0.05) is 68.8 Å². The highest BCUT2D eigenvalue weighted by Crippen LogP contribution is 2.25. The van der Waals surface area contributed by atoms with Crippen LogP contribution in [0.2, 0.25) is 0 Å². The number of carbonyl (C=O) groups excluding carboxylic acids is 1. The molecule has 0 aliphatic carbocycles. The number of carbonyl (C=O) groups is 1. The number of amides is 1. The van der Waals surface area contributed by atoms with Crippen LogP contribution in [0.1, 0.15) is 76.5 Å². The van der Waals surface area contributed by atoms with E-state index in [1.54, 1.807) is 7.11 Å². The normalized spacial score (nSPS) is 13.1. The van der Waals surface area contributed by atoms with Crippen LogP contribution in [-0.2, 0) is 20.9 Å². The molecule has 0 unspecified atom stereocenters. The second-order valence-corrected chi connectivity index (χ2v) is 9.27. The molecule has 6 nitrogen and oxygen atoms in total. The molecule has 35 heavy (non-hydrogen) atoms. The molecule has 0 saturated carbocycles. The van der Waals surface area contributed by atoms with Crippen LogP contribution in [0.5, 0.6) is 0 Å². The summed E-state index contributed by atoms with van der Waals surface area (Å²) in [7, 11) is 1.59. The molecule has 2 N–H and O–H groups in total. The zero-order valence-electron chi connectivity index (χ0n) is 22.0. The van der Waals surface area contributed by atoms with E-state index in [1.165, 1.54) is 24.0 Å². The van der Waals surface area contributed by atoms with Crippen LogP contribution in [0.15, 0.2) is 48.5 Å². The Kier molecular flexibility index (Phi) is 13.6. The van der Waals surface area contributed by atoms with Crippen LogP contribution in [0.3, 0.4) is 0 Å². The van der Waals surface area contributed by atoms with Crippen molar-refractivity contribution in [3.8, 4) is 11.1 Å². The molecule has 0 aliphatic heterocycles. The Hall–Kier alpha value is -2.25. The third kappa shape index (κ3) is 10.9. The van der Waals surface area contributed by atoms with Gasteiger partial charge in [-0.05, 0) is 68.0 Å². The molecule has 0 heterocycles. The molecular weight excluding hydrogens is 440 g/mol. The maximum atomic E-state index is 11.8. The van der Waals surface area contributed by atoms with Crippen molar-refractivity contribution in [3.05, 3.63) is 59.7 Å². The van der Waals surface area contributed by atoms with Gasteiger partial charge in [-0.3, -0.25) is 14.5 Å². The van der Waals surface area contributed by atoms with Gasteiger partial charge in [0.05, 0.1) is 12.7 Å².